The van der Waals surface area contributed by atoms with Crippen molar-refractivity contribution in [3.05, 3.63) is 77.4 Å². The van der Waals surface area contributed by atoms with Crippen molar-refractivity contribution in [3.8, 4) is 5.69 Å². The maximum absolute atomic E-state index is 13.3. The van der Waals surface area contributed by atoms with Gasteiger partial charge in [-0.1, -0.05) is 12.1 Å². The Kier molecular flexibility index (Phi) is 4.27. The Morgan fingerprint density at radius 2 is 1.78 bits per heavy atom. The molecule has 0 amide bonds. The predicted octanol–water partition coefficient (Wildman–Crippen LogP) is 3.44. The number of nitrogens with zero attached hydrogens (tertiary/aromatic N) is 6. The highest BCUT2D eigenvalue weighted by Crippen LogP contribution is 2.30. The van der Waals surface area contributed by atoms with Gasteiger partial charge in [0.15, 0.2) is 5.65 Å². The second-order valence-corrected chi connectivity index (χ2v) is 8.00. The molecule has 1 saturated heterocycles. The summed E-state index contributed by atoms with van der Waals surface area (Å²) in [6, 6.07) is 14.1. The van der Waals surface area contributed by atoms with Crippen molar-refractivity contribution < 1.29 is 4.39 Å². The summed E-state index contributed by atoms with van der Waals surface area (Å²) in [5.41, 5.74) is 3.17. The van der Waals surface area contributed by atoms with E-state index in [9.17, 15) is 9.18 Å². The van der Waals surface area contributed by atoms with E-state index in [4.69, 9.17) is 0 Å². The van der Waals surface area contributed by atoms with E-state index >= 15 is 0 Å². The lowest BCUT2D eigenvalue weighted by Gasteiger charge is -2.33. The molecule has 0 radical (unpaired) electrons. The van der Waals surface area contributed by atoms with E-state index in [1.807, 2.05) is 28.8 Å². The molecule has 4 heterocycles. The number of anilines is 1. The monoisotopic (exact) mass is 429 g/mol. The molecule has 8 nitrogen and oxygen atoms in total. The van der Waals surface area contributed by atoms with Crippen LogP contribution < -0.4 is 10.6 Å². The molecule has 0 unspecified atom stereocenters. The van der Waals surface area contributed by atoms with E-state index in [1.54, 1.807) is 23.0 Å². The lowest BCUT2D eigenvalue weighted by molar-refractivity contribution is 0.395. The van der Waals surface area contributed by atoms with Gasteiger partial charge in [0.25, 0.3) is 0 Å². The fraction of sp³-hybridized carbons (Fsp3) is 0.217. The Bertz CT molecular complexity index is 1480. The molecule has 0 bridgehead atoms. The highest BCUT2D eigenvalue weighted by Gasteiger charge is 2.26. The number of H-pyrrole nitrogens is 1. The Labute approximate surface area is 182 Å². The SMILES string of the molecule is O=c1[nH]c2ccccc2n1C1CCN(c2ncnc3c2cnn3-c2ccc(F)cc2)CC1. The number of benzene rings is 2. The zero-order chi connectivity index (χ0) is 21.7. The van der Waals surface area contributed by atoms with E-state index in [1.165, 1.54) is 18.5 Å². The molecule has 5 aromatic rings. The number of hydrogen-bond donors (Lipinski definition) is 1. The first-order valence-electron chi connectivity index (χ1n) is 10.6. The number of imidazole rings is 1. The van der Waals surface area contributed by atoms with Gasteiger partial charge >= 0.3 is 5.69 Å². The van der Waals surface area contributed by atoms with Crippen LogP contribution in [0, 0.1) is 5.82 Å². The number of aromatic amines is 1. The van der Waals surface area contributed by atoms with Crippen molar-refractivity contribution in [2.75, 3.05) is 18.0 Å². The van der Waals surface area contributed by atoms with Crippen LogP contribution in [0.5, 0.6) is 0 Å². The van der Waals surface area contributed by atoms with Crippen molar-refractivity contribution in [3.63, 3.8) is 0 Å². The van der Waals surface area contributed by atoms with Gasteiger partial charge in [-0.05, 0) is 49.2 Å². The summed E-state index contributed by atoms with van der Waals surface area (Å²) in [7, 11) is 0. The quantitative estimate of drug-likeness (QED) is 0.475. The maximum Gasteiger partial charge on any atom is 0.326 e. The highest BCUT2D eigenvalue weighted by molar-refractivity contribution is 5.87. The Morgan fingerprint density at radius 1 is 1.00 bits per heavy atom. The minimum absolute atomic E-state index is 0.0605. The molecule has 0 aliphatic carbocycles. The first-order valence-corrected chi connectivity index (χ1v) is 10.6. The summed E-state index contributed by atoms with van der Waals surface area (Å²) >= 11 is 0. The molecule has 1 aliphatic heterocycles. The highest BCUT2D eigenvalue weighted by atomic mass is 19.1. The minimum Gasteiger partial charge on any atom is -0.356 e. The van der Waals surface area contributed by atoms with Gasteiger partial charge in [-0.25, -0.2) is 23.8 Å². The number of rotatable bonds is 3. The molecule has 160 valence electrons. The molecule has 2 aromatic carbocycles. The van der Waals surface area contributed by atoms with Crippen LogP contribution in [0.15, 0.2) is 65.8 Å². The largest absolute Gasteiger partial charge is 0.356 e. The van der Waals surface area contributed by atoms with Crippen LogP contribution in [0.4, 0.5) is 10.2 Å². The molecular formula is C23H20FN7O. The van der Waals surface area contributed by atoms with Gasteiger partial charge < -0.3 is 9.88 Å². The molecule has 3 aromatic heterocycles. The first kappa shape index (κ1) is 18.7. The van der Waals surface area contributed by atoms with Crippen LogP contribution in [0.25, 0.3) is 27.8 Å². The lowest BCUT2D eigenvalue weighted by Crippen LogP contribution is -2.37. The third-order valence-electron chi connectivity index (χ3n) is 6.17. The van der Waals surface area contributed by atoms with Crippen LogP contribution in [-0.2, 0) is 0 Å². The number of aromatic nitrogens is 6. The molecule has 0 saturated carbocycles. The molecule has 1 N–H and O–H groups in total. The molecule has 9 heteroatoms. The second-order valence-electron chi connectivity index (χ2n) is 8.00. The summed E-state index contributed by atoms with van der Waals surface area (Å²) in [6.07, 6.45) is 4.96. The van der Waals surface area contributed by atoms with Crippen LogP contribution in [0.3, 0.4) is 0 Å². The van der Waals surface area contributed by atoms with E-state index < -0.39 is 0 Å². The Hall–Kier alpha value is -4.01. The van der Waals surface area contributed by atoms with Gasteiger partial charge in [-0.15, -0.1) is 0 Å². The lowest BCUT2D eigenvalue weighted by atomic mass is 10.0. The van der Waals surface area contributed by atoms with Gasteiger partial charge in [0.2, 0.25) is 0 Å². The topological polar surface area (TPSA) is 84.6 Å². The Balaban J connectivity index is 1.29. The second kappa shape index (κ2) is 7.30. The van der Waals surface area contributed by atoms with E-state index in [0.29, 0.717) is 5.65 Å². The van der Waals surface area contributed by atoms with Gasteiger partial charge in [-0.2, -0.15) is 5.10 Å². The van der Waals surface area contributed by atoms with Crippen LogP contribution in [0.1, 0.15) is 18.9 Å². The third kappa shape index (κ3) is 2.96. The minimum atomic E-state index is -0.294. The van der Waals surface area contributed by atoms with Crippen molar-refractivity contribution in [2.24, 2.45) is 0 Å². The van der Waals surface area contributed by atoms with Gasteiger partial charge in [0.1, 0.15) is 18.0 Å². The zero-order valence-electron chi connectivity index (χ0n) is 17.1. The molecule has 32 heavy (non-hydrogen) atoms. The number of para-hydroxylation sites is 2. The maximum atomic E-state index is 13.3. The normalized spacial score (nSPS) is 15.1. The van der Waals surface area contributed by atoms with Gasteiger partial charge in [0, 0.05) is 19.1 Å². The molecule has 0 atom stereocenters. The number of hydrogen-bond acceptors (Lipinski definition) is 5. The molecule has 6 rings (SSSR count). The van der Waals surface area contributed by atoms with Crippen molar-refractivity contribution in [1.29, 1.82) is 0 Å². The van der Waals surface area contributed by atoms with Crippen molar-refractivity contribution >= 4 is 27.9 Å². The number of fused-ring (bicyclic) bond motifs is 2. The molecule has 1 aliphatic rings. The Morgan fingerprint density at radius 3 is 2.59 bits per heavy atom. The number of piperidine rings is 1. The van der Waals surface area contributed by atoms with E-state index in [0.717, 1.165) is 53.9 Å². The van der Waals surface area contributed by atoms with Gasteiger partial charge in [0.05, 0.1) is 28.3 Å². The van der Waals surface area contributed by atoms with E-state index in [2.05, 4.69) is 25.0 Å². The van der Waals surface area contributed by atoms with Crippen molar-refractivity contribution in [2.45, 2.75) is 18.9 Å². The van der Waals surface area contributed by atoms with E-state index in [-0.39, 0.29) is 17.5 Å². The first-order chi connectivity index (χ1) is 15.7. The summed E-state index contributed by atoms with van der Waals surface area (Å²) in [5.74, 6) is 0.533. The van der Waals surface area contributed by atoms with Crippen molar-refractivity contribution in [1.82, 2.24) is 29.3 Å². The predicted molar refractivity (Wildman–Crippen MR) is 120 cm³/mol. The zero-order valence-corrected chi connectivity index (χ0v) is 17.1. The molecule has 1 fully saturated rings. The average Bonchev–Trinajstić information content (AvgIpc) is 3.40. The third-order valence-corrected chi connectivity index (χ3v) is 6.17. The van der Waals surface area contributed by atoms with Crippen LogP contribution in [-0.4, -0.2) is 42.4 Å². The average molecular weight is 429 g/mol. The number of halogens is 1. The molecule has 0 spiro atoms. The smallest absolute Gasteiger partial charge is 0.326 e. The molecular weight excluding hydrogens is 409 g/mol. The fourth-order valence-corrected chi connectivity index (χ4v) is 4.63. The fourth-order valence-electron chi connectivity index (χ4n) is 4.63. The summed E-state index contributed by atoms with van der Waals surface area (Å²) in [6.45, 7) is 1.54. The summed E-state index contributed by atoms with van der Waals surface area (Å²) in [4.78, 5) is 26.7. The van der Waals surface area contributed by atoms with Crippen LogP contribution >= 0.6 is 0 Å². The standard InChI is InChI=1S/C23H20FN7O/c24-15-5-7-17(8-6-15)31-22-18(13-27-31)21(25-14-26-22)29-11-9-16(10-12-29)30-20-4-2-1-3-19(20)28-23(30)32/h1-8,13-14,16H,9-12H2,(H,28,32). The number of nitrogens with one attached hydrogen (secondary N) is 1. The summed E-state index contributed by atoms with van der Waals surface area (Å²) < 4.78 is 16.9. The summed E-state index contributed by atoms with van der Waals surface area (Å²) in [5, 5.41) is 5.31. The van der Waals surface area contributed by atoms with Crippen LogP contribution in [0.2, 0.25) is 0 Å². The van der Waals surface area contributed by atoms with Gasteiger partial charge in [-0.3, -0.25) is 4.57 Å².